The van der Waals surface area contributed by atoms with E-state index in [9.17, 15) is 13.2 Å². The van der Waals surface area contributed by atoms with Crippen molar-refractivity contribution in [2.24, 2.45) is 5.41 Å². The van der Waals surface area contributed by atoms with Crippen molar-refractivity contribution < 1.29 is 13.2 Å². The second-order valence-electron chi connectivity index (χ2n) is 4.30. The van der Waals surface area contributed by atoms with E-state index >= 15 is 0 Å². The zero-order valence-electron chi connectivity index (χ0n) is 9.20. The van der Waals surface area contributed by atoms with Gasteiger partial charge >= 0.3 is 0 Å². The van der Waals surface area contributed by atoms with Crippen LogP contribution in [0.25, 0.3) is 0 Å². The number of aldehydes is 1. The van der Waals surface area contributed by atoms with E-state index in [1.165, 1.54) is 0 Å². The second-order valence-corrected chi connectivity index (χ2v) is 6.47. The molecule has 0 amide bonds. The number of nitrogens with zero attached hydrogens (tertiary/aromatic N) is 1. The lowest BCUT2D eigenvalue weighted by atomic mass is 10.0. The van der Waals surface area contributed by atoms with E-state index in [-0.39, 0.29) is 0 Å². The van der Waals surface area contributed by atoms with Crippen LogP contribution < -0.4 is 0 Å². The predicted octanol–water partition coefficient (Wildman–Crippen LogP) is 0.906. The third-order valence-electron chi connectivity index (χ3n) is 3.19. The van der Waals surface area contributed by atoms with E-state index < -0.39 is 26.4 Å². The number of benzene rings is 1. The Bertz CT molecular complexity index is 588. The fourth-order valence-corrected chi connectivity index (χ4v) is 4.15. The first kappa shape index (κ1) is 11.8. The summed E-state index contributed by atoms with van der Waals surface area (Å²) < 4.78 is 23.2. The van der Waals surface area contributed by atoms with Crippen LogP contribution in [0.3, 0.4) is 0 Å². The molecule has 5 heteroatoms. The quantitative estimate of drug-likeness (QED) is 0.746. The maximum Gasteiger partial charge on any atom is 0.153 e. The Labute approximate surface area is 99.8 Å². The lowest BCUT2D eigenvalue weighted by molar-refractivity contribution is -0.110. The number of rotatable bonds is 3. The third kappa shape index (κ3) is 1.65. The van der Waals surface area contributed by atoms with Gasteiger partial charge in [0.2, 0.25) is 0 Å². The van der Waals surface area contributed by atoms with Crippen molar-refractivity contribution in [2.45, 2.75) is 11.2 Å². The van der Waals surface area contributed by atoms with Crippen LogP contribution >= 0.6 is 0 Å². The molecule has 0 radical (unpaired) electrons. The van der Waals surface area contributed by atoms with Crippen LogP contribution in [0.1, 0.15) is 11.5 Å². The largest absolute Gasteiger partial charge is 0.302 e. The Kier molecular flexibility index (Phi) is 2.55. The molecule has 0 unspecified atom stereocenters. The van der Waals surface area contributed by atoms with Crippen LogP contribution in [0, 0.1) is 16.7 Å². The first-order valence-corrected chi connectivity index (χ1v) is 7.04. The summed E-state index contributed by atoms with van der Waals surface area (Å²) in [5.41, 5.74) is -0.689. The highest BCUT2D eigenvalue weighted by atomic mass is 32.2. The monoisotopic (exact) mass is 249 g/mol. The minimum absolute atomic E-state index is 0.469. The summed E-state index contributed by atoms with van der Waals surface area (Å²) in [4.78, 5) is 11.1. The molecule has 0 bridgehead atoms. The Morgan fingerprint density at radius 3 is 2.29 bits per heavy atom. The predicted molar refractivity (Wildman–Crippen MR) is 61.9 cm³/mol. The van der Waals surface area contributed by atoms with Gasteiger partial charge < -0.3 is 4.79 Å². The van der Waals surface area contributed by atoms with E-state index in [1.807, 2.05) is 6.07 Å². The Morgan fingerprint density at radius 1 is 1.35 bits per heavy atom. The van der Waals surface area contributed by atoms with Crippen LogP contribution in [0.15, 0.2) is 30.3 Å². The molecule has 2 rings (SSSR count). The van der Waals surface area contributed by atoms with Crippen molar-refractivity contribution in [2.75, 3.05) is 6.26 Å². The van der Waals surface area contributed by atoms with E-state index in [0.29, 0.717) is 6.29 Å². The zero-order chi connectivity index (χ0) is 12.7. The van der Waals surface area contributed by atoms with Gasteiger partial charge in [-0.3, -0.25) is 0 Å². The van der Waals surface area contributed by atoms with E-state index in [2.05, 4.69) is 0 Å². The zero-order valence-corrected chi connectivity index (χ0v) is 10.0. The number of sulfone groups is 1. The molecule has 1 aliphatic rings. The van der Waals surface area contributed by atoms with Gasteiger partial charge in [0.1, 0.15) is 11.7 Å². The summed E-state index contributed by atoms with van der Waals surface area (Å²) in [5.74, 6) is -0.541. The summed E-state index contributed by atoms with van der Waals surface area (Å²) >= 11 is 0. The molecule has 0 heterocycles. The second kappa shape index (κ2) is 3.67. The molecule has 4 nitrogen and oxygen atoms in total. The molecule has 17 heavy (non-hydrogen) atoms. The number of carbonyl (C=O) groups excluding carboxylic acids is 1. The lowest BCUT2D eigenvalue weighted by Gasteiger charge is -1.98. The number of carbonyl (C=O) groups is 1. The van der Waals surface area contributed by atoms with Crippen LogP contribution in [-0.2, 0) is 14.6 Å². The number of nitriles is 1. The standard InChI is InChI=1S/C12H11NO3S/c1-17(15,16)11-10(12(11,7-13)8-14)9-5-3-2-4-6-9/h2-6,8,10-11H,1H3/t10-,11+,12-/m1/s1. The van der Waals surface area contributed by atoms with E-state index in [0.717, 1.165) is 11.8 Å². The fraction of sp³-hybridized carbons (Fsp3) is 0.333. The van der Waals surface area contributed by atoms with Gasteiger partial charge in [-0.2, -0.15) is 5.26 Å². The highest BCUT2D eigenvalue weighted by Gasteiger charge is 2.71. The molecule has 1 saturated carbocycles. The van der Waals surface area contributed by atoms with Crippen molar-refractivity contribution in [3.63, 3.8) is 0 Å². The van der Waals surface area contributed by atoms with Crippen molar-refractivity contribution >= 4 is 16.1 Å². The molecule has 1 fully saturated rings. The number of hydrogen-bond donors (Lipinski definition) is 0. The van der Waals surface area contributed by atoms with Crippen molar-refractivity contribution in [1.29, 1.82) is 5.26 Å². The van der Waals surface area contributed by atoms with Crippen molar-refractivity contribution in [3.05, 3.63) is 35.9 Å². The molecule has 0 aromatic heterocycles. The molecule has 1 aromatic rings. The first-order valence-electron chi connectivity index (χ1n) is 5.09. The Morgan fingerprint density at radius 2 is 1.94 bits per heavy atom. The molecule has 88 valence electrons. The summed E-state index contributed by atoms with van der Waals surface area (Å²) in [7, 11) is -3.41. The molecule has 1 aliphatic carbocycles. The fourth-order valence-electron chi connectivity index (χ4n) is 2.39. The summed E-state index contributed by atoms with van der Waals surface area (Å²) in [6, 6.07) is 10.7. The Balaban J connectivity index is 2.50. The van der Waals surface area contributed by atoms with Crippen LogP contribution in [0.4, 0.5) is 0 Å². The van der Waals surface area contributed by atoms with Crippen LogP contribution in [0.2, 0.25) is 0 Å². The Hall–Kier alpha value is -1.67. The number of hydrogen-bond acceptors (Lipinski definition) is 4. The molecule has 0 aliphatic heterocycles. The minimum atomic E-state index is -3.41. The molecular weight excluding hydrogens is 238 g/mol. The smallest absolute Gasteiger partial charge is 0.153 e. The molecular formula is C12H11NO3S. The maximum absolute atomic E-state index is 11.6. The van der Waals surface area contributed by atoms with Gasteiger partial charge in [0, 0.05) is 12.2 Å². The topological polar surface area (TPSA) is 75.0 Å². The molecule has 0 N–H and O–H groups in total. The van der Waals surface area contributed by atoms with Gasteiger partial charge in [-0.15, -0.1) is 0 Å². The molecule has 0 spiro atoms. The van der Waals surface area contributed by atoms with E-state index in [4.69, 9.17) is 5.26 Å². The summed E-state index contributed by atoms with van der Waals surface area (Å²) in [5, 5.41) is 8.16. The molecule has 3 atom stereocenters. The SMILES string of the molecule is CS(=O)(=O)[C@H]1[C@@H](c2ccccc2)[C@@]1(C#N)C=O. The average molecular weight is 249 g/mol. The normalized spacial score (nSPS) is 31.5. The van der Waals surface area contributed by atoms with Gasteiger partial charge in [0.25, 0.3) is 0 Å². The van der Waals surface area contributed by atoms with Crippen molar-refractivity contribution in [3.8, 4) is 6.07 Å². The van der Waals surface area contributed by atoms with Crippen LogP contribution in [0.5, 0.6) is 0 Å². The van der Waals surface area contributed by atoms with Crippen LogP contribution in [-0.4, -0.2) is 26.2 Å². The third-order valence-corrected chi connectivity index (χ3v) is 4.77. The highest BCUT2D eigenvalue weighted by molar-refractivity contribution is 7.91. The first-order chi connectivity index (χ1) is 7.97. The summed E-state index contributed by atoms with van der Waals surface area (Å²) in [6.07, 6.45) is 1.53. The van der Waals surface area contributed by atoms with E-state index in [1.54, 1.807) is 30.3 Å². The molecule has 1 aromatic carbocycles. The van der Waals surface area contributed by atoms with Gasteiger partial charge in [0.15, 0.2) is 9.84 Å². The average Bonchev–Trinajstić information content (AvgIpc) is 3.00. The van der Waals surface area contributed by atoms with Gasteiger partial charge in [-0.1, -0.05) is 30.3 Å². The molecule has 0 saturated heterocycles. The lowest BCUT2D eigenvalue weighted by Crippen LogP contribution is -2.14. The summed E-state index contributed by atoms with van der Waals surface area (Å²) in [6.45, 7) is 0. The maximum atomic E-state index is 11.6. The van der Waals surface area contributed by atoms with Gasteiger partial charge in [-0.05, 0) is 5.56 Å². The van der Waals surface area contributed by atoms with Gasteiger partial charge in [-0.25, -0.2) is 8.42 Å². The van der Waals surface area contributed by atoms with Crippen molar-refractivity contribution in [1.82, 2.24) is 0 Å². The minimum Gasteiger partial charge on any atom is -0.302 e. The highest BCUT2D eigenvalue weighted by Crippen LogP contribution is 2.61. The van der Waals surface area contributed by atoms with Gasteiger partial charge in [0.05, 0.1) is 11.3 Å².